The number of anilines is 3. The van der Waals surface area contributed by atoms with Gasteiger partial charge in [0.2, 0.25) is 25.7 Å². The molecule has 116 heavy (non-hydrogen) atoms. The molecule has 0 spiro atoms. The second-order valence-corrected chi connectivity index (χ2v) is 29.1. The first-order chi connectivity index (χ1) is 54.5. The quantitative estimate of drug-likeness (QED) is 0.0295. The maximum Gasteiger partial charge on any atom is 0.359 e. The molecule has 6 heterocycles. The Hall–Kier alpha value is -10.00. The van der Waals surface area contributed by atoms with Crippen molar-refractivity contribution in [1.29, 1.82) is 0 Å². The Labute approximate surface area is 720 Å². The Balaban J connectivity index is 0.000000213. The number of hydrogen-bond donors (Lipinski definition) is 3. The van der Waals surface area contributed by atoms with Gasteiger partial charge in [-0.15, -0.1) is 12.4 Å². The number of esters is 2. The molecule has 4 N–H and O–H groups in total. The molecule has 11 aromatic rings. The molecule has 0 saturated carbocycles. The number of carbonyl (C=O) groups is 6. The number of nitrogens with one attached hydrogen (secondary N) is 2. The molecular formula is C87H96BBr3Cl3N11O11. The Morgan fingerprint density at radius 1 is 0.560 bits per heavy atom. The second kappa shape index (κ2) is 44.9. The highest BCUT2D eigenvalue weighted by molar-refractivity contribution is 9.11. The van der Waals surface area contributed by atoms with E-state index < -0.39 is 35.6 Å². The fourth-order valence-electron chi connectivity index (χ4n) is 12.5. The van der Waals surface area contributed by atoms with Gasteiger partial charge in [-0.3, -0.25) is 19.7 Å². The van der Waals surface area contributed by atoms with E-state index in [-0.39, 0.29) is 101 Å². The van der Waals surface area contributed by atoms with E-state index >= 15 is 0 Å². The molecule has 0 bridgehead atoms. The summed E-state index contributed by atoms with van der Waals surface area (Å²) in [6.07, 6.45) is 3.25. The van der Waals surface area contributed by atoms with Gasteiger partial charge >= 0.3 is 11.9 Å². The van der Waals surface area contributed by atoms with E-state index in [1.165, 1.54) is 15.3 Å². The number of benzene rings is 8. The third-order valence-electron chi connectivity index (χ3n) is 18.1. The van der Waals surface area contributed by atoms with Gasteiger partial charge in [0, 0.05) is 65.6 Å². The Kier molecular flexibility index (Phi) is 36.1. The van der Waals surface area contributed by atoms with Crippen LogP contribution < -0.4 is 49.8 Å². The lowest BCUT2D eigenvalue weighted by Crippen LogP contribution is -2.56. The summed E-state index contributed by atoms with van der Waals surface area (Å²) in [6, 6.07) is 71.5. The van der Waals surface area contributed by atoms with E-state index in [1.54, 1.807) is 49.5 Å². The normalized spacial score (nSPS) is 14.5. The summed E-state index contributed by atoms with van der Waals surface area (Å²) in [4.78, 5) is 78.5. The lowest BCUT2D eigenvalue weighted by molar-refractivity contribution is -0.529. The highest BCUT2D eigenvalue weighted by Gasteiger charge is 2.42. The Morgan fingerprint density at radius 3 is 1.33 bits per heavy atom. The average Bonchev–Trinajstić information content (AvgIpc) is 1.02. The zero-order valence-corrected chi connectivity index (χ0v) is 69.8. The summed E-state index contributed by atoms with van der Waals surface area (Å²) < 4.78 is 35.8. The first-order valence-electron chi connectivity index (χ1n) is 35.9. The average molecular weight is 1830 g/mol. The summed E-state index contributed by atoms with van der Waals surface area (Å²) in [5, 5.41) is 16.3. The van der Waals surface area contributed by atoms with Crippen molar-refractivity contribution in [3.8, 4) is 17.2 Å². The molecule has 0 saturated heterocycles. The topological polar surface area (TPSA) is 248 Å². The summed E-state index contributed by atoms with van der Waals surface area (Å²) in [6.45, 7) is 7.90. The standard InChI is InChI=1S/C29H25BrN2O2.C25H26BrClN4O4.C15H15ClN2O3.C10H11BrN2O2.C6H10BN.2CH4.ClH/c1-32-26-18-17-24(30)19-27(26)34-20-25(28(32)33)31-29(21-11-5-2-6-12-21,22-13-7-3-8-14-22)23-15-9-4-10-16-23;1-3-34-25(33)22-18(23(27)31(29-22)14-16-7-5-4-6-8-16)11-12-28-19-15-35-21-13-17(26)9-10-20(21)30(2)24(19)32;1-2-21-15(20)13-12(8-9-19)14(16)18(17-13)10-11-6-4-3-5-7-11;1-13-8-3-2-6(11)4-9(8)15-5-7(12)10(13)14;1-6-4-2-3-5-8(6)7;;;/h2-19,25,31H,20H2,1H3;4-10,13,19,28H,3,11-12,14-15H2,1-2H3;3-7,9H,2,8,10H2,1H3;2-4,7H,5,12H2,1H3;2-5H,1,7H3;2*1H4;1H/t25-;19-;;7-;;;;/m00.0..../s1. The molecule has 3 aliphatic heterocycles. The van der Waals surface area contributed by atoms with Crippen molar-refractivity contribution in [2.24, 2.45) is 5.73 Å². The van der Waals surface area contributed by atoms with Crippen LogP contribution in [0.5, 0.6) is 17.2 Å². The van der Waals surface area contributed by atoms with Gasteiger partial charge in [-0.2, -0.15) is 10.2 Å². The summed E-state index contributed by atoms with van der Waals surface area (Å²) in [5.74, 6) is 0.613. The van der Waals surface area contributed by atoms with E-state index in [0.29, 0.717) is 79.5 Å². The van der Waals surface area contributed by atoms with Crippen molar-refractivity contribution in [3.05, 3.63) is 310 Å². The van der Waals surface area contributed by atoms with Gasteiger partial charge in [0.25, 0.3) is 0 Å². The summed E-state index contributed by atoms with van der Waals surface area (Å²) in [7, 11) is 5.56. The molecular weight excluding hydrogens is 1730 g/mol. The number of aldehydes is 1. The van der Waals surface area contributed by atoms with Crippen molar-refractivity contribution >= 4 is 144 Å². The van der Waals surface area contributed by atoms with E-state index in [1.807, 2.05) is 170 Å². The van der Waals surface area contributed by atoms with Gasteiger partial charge < -0.3 is 58.7 Å². The van der Waals surface area contributed by atoms with Gasteiger partial charge in [0.1, 0.15) is 83.7 Å². The number of hydrogen-bond acceptors (Lipinski definition) is 16. The molecule has 0 radical (unpaired) electrons. The molecule has 8 aromatic carbocycles. The van der Waals surface area contributed by atoms with Crippen molar-refractivity contribution < 1.29 is 56.9 Å². The highest BCUT2D eigenvalue weighted by Crippen LogP contribution is 2.41. The van der Waals surface area contributed by atoms with Crippen molar-refractivity contribution in [2.75, 3.05) is 75.4 Å². The fourth-order valence-corrected chi connectivity index (χ4v) is 14.1. The molecule has 22 nitrogen and oxygen atoms in total. The first-order valence-corrected chi connectivity index (χ1v) is 39.0. The third-order valence-corrected chi connectivity index (χ3v) is 20.4. The van der Waals surface area contributed by atoms with Crippen LogP contribution in [0.3, 0.4) is 0 Å². The van der Waals surface area contributed by atoms with Crippen LogP contribution in [-0.2, 0) is 60.1 Å². The van der Waals surface area contributed by atoms with Crippen molar-refractivity contribution in [2.45, 2.75) is 85.2 Å². The molecule has 29 heteroatoms. The number of halogens is 6. The molecule has 3 aliphatic rings. The number of nitrogens with two attached hydrogens (primary N) is 1. The lowest BCUT2D eigenvalue weighted by Gasteiger charge is -2.39. The molecule has 610 valence electrons. The van der Waals surface area contributed by atoms with Gasteiger partial charge in [-0.25, -0.2) is 19.0 Å². The van der Waals surface area contributed by atoms with Crippen molar-refractivity contribution in [3.63, 3.8) is 0 Å². The third kappa shape index (κ3) is 23.4. The van der Waals surface area contributed by atoms with Crippen LogP contribution in [0.25, 0.3) is 0 Å². The van der Waals surface area contributed by atoms with Gasteiger partial charge in [0.05, 0.1) is 48.9 Å². The van der Waals surface area contributed by atoms with E-state index in [0.717, 1.165) is 52.6 Å². The molecule has 0 aliphatic carbocycles. The van der Waals surface area contributed by atoms with Crippen molar-refractivity contribution in [1.82, 2.24) is 30.2 Å². The number of nitrogens with zero attached hydrogens (tertiary/aromatic N) is 8. The number of fused-ring (bicyclic) bond motifs is 3. The SMILES string of the molecule is C.C.CCOC(=O)c1nn(Cc2ccccc2)c(Cl)c1CC=O.CCOC(=O)c1nn(Cc2ccccc2)c(Cl)c1CCN[C@H]1COc2cc(Br)ccc2N(C)C1=O.CN1C(=O)[C@@H](N)COc2cc(Br)ccc21.CN1C(=O)[C@@H](NC(c2ccccc2)(c2ccccc2)c2ccccc2)COc2cc(Br)ccc21.Cl.[BH3-][n+]1ccccc1C. The van der Waals surface area contributed by atoms with Crippen LogP contribution in [0.4, 0.5) is 17.1 Å². The fraction of sp³-hybridized carbons (Fsp3) is 0.253. The minimum absolute atomic E-state index is 0. The highest BCUT2D eigenvalue weighted by atomic mass is 79.9. The largest absolute Gasteiger partial charge is 0.489 e. The van der Waals surface area contributed by atoms with Crippen LogP contribution in [0.1, 0.15) is 94.3 Å². The van der Waals surface area contributed by atoms with Crippen LogP contribution in [-0.4, -0.2) is 142 Å². The Morgan fingerprint density at radius 2 is 0.931 bits per heavy atom. The number of likely N-dealkylation sites (N-methyl/N-ethyl adjacent to an activating group) is 3. The first kappa shape index (κ1) is 93.2. The molecule has 0 fully saturated rings. The molecule has 3 amide bonds. The number of aryl methyl sites for hydroxylation is 1. The smallest absolute Gasteiger partial charge is 0.359 e. The number of ether oxygens (including phenoxy) is 5. The number of aromatic nitrogens is 5. The summed E-state index contributed by atoms with van der Waals surface area (Å²) in [5.41, 5.74) is 14.9. The lowest BCUT2D eigenvalue weighted by atomic mass is 9.76. The van der Waals surface area contributed by atoms with E-state index in [2.05, 4.69) is 141 Å². The monoisotopic (exact) mass is 1820 g/mol. The predicted molar refractivity (Wildman–Crippen MR) is 473 cm³/mol. The predicted octanol–water partition coefficient (Wildman–Crippen LogP) is 14.6. The number of carbonyl (C=O) groups excluding carboxylic acids is 6. The van der Waals surface area contributed by atoms with Gasteiger partial charge in [-0.1, -0.05) is 244 Å². The molecule has 14 rings (SSSR count). The minimum atomic E-state index is -0.759. The second-order valence-electron chi connectivity index (χ2n) is 25.7. The molecule has 3 aromatic heterocycles. The number of rotatable bonds is 19. The maximum atomic E-state index is 13.7. The zero-order valence-electron chi connectivity index (χ0n) is 62.8. The Bertz CT molecular complexity index is 4970. The van der Waals surface area contributed by atoms with Gasteiger partial charge in [0.15, 0.2) is 11.4 Å². The number of pyridine rings is 1. The number of amides is 3. The van der Waals surface area contributed by atoms with Crippen LogP contribution >= 0.6 is 83.4 Å². The zero-order chi connectivity index (χ0) is 80.7. The molecule has 3 atom stereocenters. The van der Waals surface area contributed by atoms with E-state index in [9.17, 15) is 28.8 Å². The summed E-state index contributed by atoms with van der Waals surface area (Å²) >= 11 is 23.2. The minimum Gasteiger partial charge on any atom is -0.489 e. The van der Waals surface area contributed by atoms with Crippen LogP contribution in [0, 0.1) is 6.92 Å². The van der Waals surface area contributed by atoms with E-state index in [4.69, 9.17) is 52.6 Å². The molecule has 0 unspecified atom stereocenters. The van der Waals surface area contributed by atoms with Crippen LogP contribution in [0.15, 0.2) is 244 Å². The van der Waals surface area contributed by atoms with Crippen LogP contribution in [0.2, 0.25) is 10.3 Å². The van der Waals surface area contributed by atoms with Gasteiger partial charge in [-0.05, 0) is 115 Å². The maximum absolute atomic E-state index is 13.7.